The van der Waals surface area contributed by atoms with Gasteiger partial charge in [-0.3, -0.25) is 0 Å². The fourth-order valence-electron chi connectivity index (χ4n) is 1.86. The zero-order valence-electron chi connectivity index (χ0n) is 11.1. The molecular weight excluding hydrogens is 264 g/mol. The molecule has 0 amide bonds. The van der Waals surface area contributed by atoms with Gasteiger partial charge in [0.2, 0.25) is 0 Å². The van der Waals surface area contributed by atoms with Gasteiger partial charge in [0.15, 0.2) is 0 Å². The predicted molar refractivity (Wildman–Crippen MR) is 78.5 cm³/mol. The van der Waals surface area contributed by atoms with E-state index < -0.39 is 0 Å². The van der Waals surface area contributed by atoms with Crippen LogP contribution >= 0.6 is 11.6 Å². The second-order valence-corrected chi connectivity index (χ2v) is 4.63. The van der Waals surface area contributed by atoms with E-state index in [-0.39, 0.29) is 6.17 Å². The van der Waals surface area contributed by atoms with Gasteiger partial charge in [0.25, 0.3) is 0 Å². The molecule has 0 aliphatic carbocycles. The van der Waals surface area contributed by atoms with E-state index >= 15 is 0 Å². The summed E-state index contributed by atoms with van der Waals surface area (Å²) < 4.78 is 5.14. The normalized spacial score (nSPS) is 18.7. The average Bonchev–Trinajstić information content (AvgIpc) is 2.42. The second kappa shape index (κ2) is 5.40. The van der Waals surface area contributed by atoms with Crippen molar-refractivity contribution in [2.45, 2.75) is 13.1 Å². The molecule has 0 saturated heterocycles. The van der Waals surface area contributed by atoms with Crippen LogP contribution in [0.2, 0.25) is 0 Å². The SMILES string of the molecule is COc1ccc(N(C)C2=C(Cl)C(N)=NC(C)N2)cc1. The number of rotatable bonds is 3. The Balaban J connectivity index is 2.30. The van der Waals surface area contributed by atoms with Crippen LogP contribution in [0.3, 0.4) is 0 Å². The first-order valence-corrected chi connectivity index (χ1v) is 6.28. The molecule has 1 aliphatic rings. The van der Waals surface area contributed by atoms with Crippen LogP contribution < -0.4 is 20.7 Å². The minimum atomic E-state index is -0.0989. The summed E-state index contributed by atoms with van der Waals surface area (Å²) in [5.41, 5.74) is 6.77. The lowest BCUT2D eigenvalue weighted by Gasteiger charge is -2.29. The van der Waals surface area contributed by atoms with Crippen LogP contribution in [0.25, 0.3) is 0 Å². The molecule has 1 aliphatic heterocycles. The average molecular weight is 281 g/mol. The molecule has 6 heteroatoms. The summed E-state index contributed by atoms with van der Waals surface area (Å²) in [7, 11) is 3.55. The van der Waals surface area contributed by atoms with Crippen molar-refractivity contribution in [3.8, 4) is 5.75 Å². The van der Waals surface area contributed by atoms with Crippen molar-refractivity contribution in [3.63, 3.8) is 0 Å². The lowest BCUT2D eigenvalue weighted by Crippen LogP contribution is -2.40. The Morgan fingerprint density at radius 1 is 1.37 bits per heavy atom. The number of nitrogens with one attached hydrogen (secondary N) is 1. The van der Waals surface area contributed by atoms with Crippen molar-refractivity contribution in [1.29, 1.82) is 0 Å². The predicted octanol–water partition coefficient (Wildman–Crippen LogP) is 1.85. The van der Waals surface area contributed by atoms with Gasteiger partial charge < -0.3 is 20.7 Å². The number of anilines is 1. The van der Waals surface area contributed by atoms with E-state index in [0.717, 1.165) is 17.3 Å². The van der Waals surface area contributed by atoms with E-state index in [9.17, 15) is 0 Å². The second-order valence-electron chi connectivity index (χ2n) is 4.25. The summed E-state index contributed by atoms with van der Waals surface area (Å²) in [4.78, 5) is 6.09. The first-order valence-electron chi connectivity index (χ1n) is 5.90. The number of nitrogens with two attached hydrogens (primary N) is 1. The van der Waals surface area contributed by atoms with Crippen molar-refractivity contribution in [2.75, 3.05) is 19.1 Å². The summed E-state index contributed by atoms with van der Waals surface area (Å²) in [5, 5.41) is 3.63. The molecule has 0 spiro atoms. The number of amidine groups is 1. The van der Waals surface area contributed by atoms with Crippen LogP contribution in [-0.2, 0) is 0 Å². The van der Waals surface area contributed by atoms with Gasteiger partial charge in [0, 0.05) is 12.7 Å². The summed E-state index contributed by atoms with van der Waals surface area (Å²) in [6.07, 6.45) is -0.0989. The molecule has 19 heavy (non-hydrogen) atoms. The first-order chi connectivity index (χ1) is 9.02. The highest BCUT2D eigenvalue weighted by molar-refractivity contribution is 6.43. The number of hydrogen-bond donors (Lipinski definition) is 2. The van der Waals surface area contributed by atoms with Gasteiger partial charge in [-0.1, -0.05) is 11.6 Å². The molecule has 1 atom stereocenters. The number of ether oxygens (including phenoxy) is 1. The molecule has 0 aromatic heterocycles. The summed E-state index contributed by atoms with van der Waals surface area (Å²) >= 11 is 6.20. The van der Waals surface area contributed by atoms with Gasteiger partial charge in [0.1, 0.15) is 28.6 Å². The lowest BCUT2D eigenvalue weighted by molar-refractivity contribution is 0.415. The van der Waals surface area contributed by atoms with Gasteiger partial charge in [-0.25, -0.2) is 4.99 Å². The van der Waals surface area contributed by atoms with Crippen molar-refractivity contribution in [3.05, 3.63) is 35.1 Å². The Labute approximate surface area is 117 Å². The molecule has 2 rings (SSSR count). The molecule has 0 fully saturated rings. The van der Waals surface area contributed by atoms with Crippen LogP contribution in [-0.4, -0.2) is 26.2 Å². The maximum atomic E-state index is 6.20. The van der Waals surface area contributed by atoms with Crippen LogP contribution in [0.1, 0.15) is 6.92 Å². The van der Waals surface area contributed by atoms with Crippen LogP contribution in [0.15, 0.2) is 40.1 Å². The van der Waals surface area contributed by atoms with Crippen molar-refractivity contribution in [2.24, 2.45) is 10.7 Å². The Bertz CT molecular complexity index is 524. The molecule has 0 bridgehead atoms. The minimum absolute atomic E-state index is 0.0989. The van der Waals surface area contributed by atoms with Crippen LogP contribution in [0.5, 0.6) is 5.75 Å². The van der Waals surface area contributed by atoms with Crippen molar-refractivity contribution < 1.29 is 4.74 Å². The Morgan fingerprint density at radius 3 is 2.58 bits per heavy atom. The molecule has 0 saturated carbocycles. The smallest absolute Gasteiger partial charge is 0.143 e. The highest BCUT2D eigenvalue weighted by Crippen LogP contribution is 2.24. The van der Waals surface area contributed by atoms with Gasteiger partial charge >= 0.3 is 0 Å². The lowest BCUT2D eigenvalue weighted by atomic mass is 10.2. The number of halogens is 1. The number of methoxy groups -OCH3 is 1. The van der Waals surface area contributed by atoms with Gasteiger partial charge in [0.05, 0.1) is 7.11 Å². The number of aliphatic imine (C=N–C) groups is 1. The summed E-state index contributed by atoms with van der Waals surface area (Å²) in [6.45, 7) is 1.91. The maximum absolute atomic E-state index is 6.20. The Morgan fingerprint density at radius 2 is 2.00 bits per heavy atom. The van der Waals surface area contributed by atoms with E-state index in [0.29, 0.717) is 10.9 Å². The van der Waals surface area contributed by atoms with E-state index in [1.165, 1.54) is 0 Å². The molecule has 5 nitrogen and oxygen atoms in total. The molecule has 1 aromatic rings. The monoisotopic (exact) mass is 280 g/mol. The standard InChI is InChI=1S/C13H17ClN4O/c1-8-16-12(15)11(14)13(17-8)18(2)9-4-6-10(19-3)7-5-9/h4-8,17H,1-3H3,(H2,15,16). The van der Waals surface area contributed by atoms with E-state index in [1.54, 1.807) is 7.11 Å². The highest BCUT2D eigenvalue weighted by atomic mass is 35.5. The fourth-order valence-corrected chi connectivity index (χ4v) is 2.09. The molecule has 0 radical (unpaired) electrons. The molecule has 102 valence electrons. The highest BCUT2D eigenvalue weighted by Gasteiger charge is 2.21. The third-order valence-corrected chi connectivity index (χ3v) is 3.28. The van der Waals surface area contributed by atoms with Gasteiger partial charge in [-0.2, -0.15) is 0 Å². The molecule has 3 N–H and O–H groups in total. The molecule has 1 aromatic carbocycles. The number of nitrogens with zero attached hydrogens (tertiary/aromatic N) is 2. The number of hydrogen-bond acceptors (Lipinski definition) is 5. The summed E-state index contributed by atoms with van der Waals surface area (Å²) in [6, 6.07) is 7.68. The van der Waals surface area contributed by atoms with Gasteiger partial charge in [-0.05, 0) is 31.2 Å². The van der Waals surface area contributed by atoms with Gasteiger partial charge in [-0.15, -0.1) is 0 Å². The third kappa shape index (κ3) is 2.76. The Hall–Kier alpha value is -1.88. The topological polar surface area (TPSA) is 62.9 Å². The van der Waals surface area contributed by atoms with Crippen LogP contribution in [0.4, 0.5) is 5.69 Å². The zero-order chi connectivity index (χ0) is 14.0. The number of benzene rings is 1. The maximum Gasteiger partial charge on any atom is 0.143 e. The molecular formula is C13H17ClN4O. The van der Waals surface area contributed by atoms with E-state index in [4.69, 9.17) is 22.1 Å². The molecule has 1 heterocycles. The summed E-state index contributed by atoms with van der Waals surface area (Å²) in [5.74, 6) is 1.90. The van der Waals surface area contributed by atoms with Crippen LogP contribution in [0, 0.1) is 0 Å². The van der Waals surface area contributed by atoms with E-state index in [1.807, 2.05) is 43.1 Å². The quantitative estimate of drug-likeness (QED) is 0.887. The van der Waals surface area contributed by atoms with Crippen molar-refractivity contribution >= 4 is 23.1 Å². The largest absolute Gasteiger partial charge is 0.497 e. The fraction of sp³-hybridized carbons (Fsp3) is 0.308. The van der Waals surface area contributed by atoms with Crippen molar-refractivity contribution in [1.82, 2.24) is 5.32 Å². The molecule has 1 unspecified atom stereocenters. The third-order valence-electron chi connectivity index (χ3n) is 2.91. The Kier molecular flexibility index (Phi) is 3.85. The minimum Gasteiger partial charge on any atom is -0.497 e. The van der Waals surface area contributed by atoms with E-state index in [2.05, 4.69) is 10.3 Å². The first kappa shape index (κ1) is 13.5. The zero-order valence-corrected chi connectivity index (χ0v) is 11.9.